The number of aromatic nitrogens is 2. The SMILES string of the molecule is Cn1cc(C2CCCCC2)c(C=O)n1. The number of carbonyl (C=O) groups is 1. The van der Waals surface area contributed by atoms with E-state index in [1.165, 1.54) is 32.1 Å². The molecular weight excluding hydrogens is 176 g/mol. The van der Waals surface area contributed by atoms with E-state index in [2.05, 4.69) is 5.10 Å². The molecule has 0 aliphatic heterocycles. The van der Waals surface area contributed by atoms with Gasteiger partial charge >= 0.3 is 0 Å². The Morgan fingerprint density at radius 3 is 2.79 bits per heavy atom. The number of nitrogens with zero attached hydrogens (tertiary/aromatic N) is 2. The Labute approximate surface area is 84.1 Å². The first-order valence-electron chi connectivity index (χ1n) is 5.30. The number of hydrogen-bond acceptors (Lipinski definition) is 2. The molecule has 0 N–H and O–H groups in total. The van der Waals surface area contributed by atoms with E-state index < -0.39 is 0 Å². The van der Waals surface area contributed by atoms with Crippen molar-refractivity contribution in [1.82, 2.24) is 9.78 Å². The van der Waals surface area contributed by atoms with Crippen molar-refractivity contribution in [2.24, 2.45) is 7.05 Å². The van der Waals surface area contributed by atoms with Gasteiger partial charge in [0.1, 0.15) is 5.69 Å². The highest BCUT2D eigenvalue weighted by atomic mass is 16.1. The zero-order chi connectivity index (χ0) is 9.97. The predicted octanol–water partition coefficient (Wildman–Crippen LogP) is 2.28. The monoisotopic (exact) mass is 192 g/mol. The summed E-state index contributed by atoms with van der Waals surface area (Å²) < 4.78 is 1.74. The molecule has 1 aliphatic rings. The van der Waals surface area contributed by atoms with Gasteiger partial charge in [0, 0.05) is 18.8 Å². The topological polar surface area (TPSA) is 34.9 Å². The molecule has 0 saturated heterocycles. The summed E-state index contributed by atoms with van der Waals surface area (Å²) in [4.78, 5) is 10.8. The minimum atomic E-state index is 0.567. The maximum Gasteiger partial charge on any atom is 0.170 e. The van der Waals surface area contributed by atoms with Crippen molar-refractivity contribution < 1.29 is 4.79 Å². The third-order valence-corrected chi connectivity index (χ3v) is 3.04. The van der Waals surface area contributed by atoms with Gasteiger partial charge in [-0.25, -0.2) is 0 Å². The number of rotatable bonds is 2. The number of carbonyl (C=O) groups excluding carboxylic acids is 1. The van der Waals surface area contributed by atoms with Crippen LogP contribution < -0.4 is 0 Å². The molecule has 0 aromatic carbocycles. The van der Waals surface area contributed by atoms with Gasteiger partial charge in [-0.2, -0.15) is 5.10 Å². The lowest BCUT2D eigenvalue weighted by Gasteiger charge is -2.20. The van der Waals surface area contributed by atoms with Crippen molar-refractivity contribution in [2.45, 2.75) is 38.0 Å². The zero-order valence-corrected chi connectivity index (χ0v) is 8.57. The smallest absolute Gasteiger partial charge is 0.170 e. The second-order valence-corrected chi connectivity index (χ2v) is 4.10. The maximum absolute atomic E-state index is 10.8. The first kappa shape index (κ1) is 9.44. The first-order valence-corrected chi connectivity index (χ1v) is 5.30. The fraction of sp³-hybridized carbons (Fsp3) is 0.636. The van der Waals surface area contributed by atoms with Crippen LogP contribution in [-0.2, 0) is 7.05 Å². The van der Waals surface area contributed by atoms with Crippen LogP contribution in [0.2, 0.25) is 0 Å². The molecule has 0 spiro atoms. The first-order chi connectivity index (χ1) is 6.81. The molecule has 0 unspecified atom stereocenters. The van der Waals surface area contributed by atoms with Crippen molar-refractivity contribution in [2.75, 3.05) is 0 Å². The second kappa shape index (κ2) is 3.95. The van der Waals surface area contributed by atoms with Crippen molar-refractivity contribution in [3.8, 4) is 0 Å². The third kappa shape index (κ3) is 1.72. The van der Waals surface area contributed by atoms with Crippen LogP contribution in [0.15, 0.2) is 6.20 Å². The van der Waals surface area contributed by atoms with Crippen LogP contribution in [0.5, 0.6) is 0 Å². The molecule has 3 nitrogen and oxygen atoms in total. The van der Waals surface area contributed by atoms with Crippen molar-refractivity contribution in [3.63, 3.8) is 0 Å². The number of aryl methyl sites for hydroxylation is 1. The maximum atomic E-state index is 10.8. The van der Waals surface area contributed by atoms with Crippen LogP contribution >= 0.6 is 0 Å². The molecule has 1 saturated carbocycles. The Kier molecular flexibility index (Phi) is 2.66. The molecule has 0 atom stereocenters. The van der Waals surface area contributed by atoms with E-state index in [0.29, 0.717) is 11.6 Å². The van der Waals surface area contributed by atoms with Gasteiger partial charge in [-0.1, -0.05) is 19.3 Å². The molecule has 76 valence electrons. The van der Waals surface area contributed by atoms with E-state index >= 15 is 0 Å². The largest absolute Gasteiger partial charge is 0.296 e. The fourth-order valence-corrected chi connectivity index (χ4v) is 2.34. The standard InChI is InChI=1S/C11H16N2O/c1-13-7-10(11(8-14)12-13)9-5-3-2-4-6-9/h7-9H,2-6H2,1H3. The molecule has 1 fully saturated rings. The molecule has 14 heavy (non-hydrogen) atoms. The Balaban J connectivity index is 2.24. The van der Waals surface area contributed by atoms with Gasteiger partial charge in [-0.05, 0) is 18.8 Å². The molecule has 1 aromatic heterocycles. The van der Waals surface area contributed by atoms with Crippen molar-refractivity contribution in [1.29, 1.82) is 0 Å². The summed E-state index contributed by atoms with van der Waals surface area (Å²) >= 11 is 0. The Hall–Kier alpha value is -1.12. The summed E-state index contributed by atoms with van der Waals surface area (Å²) in [6.45, 7) is 0. The molecule has 0 bridgehead atoms. The molecule has 1 aromatic rings. The average molecular weight is 192 g/mol. The van der Waals surface area contributed by atoms with Crippen LogP contribution in [0.25, 0.3) is 0 Å². The quantitative estimate of drug-likeness (QED) is 0.674. The van der Waals surface area contributed by atoms with Gasteiger partial charge in [0.15, 0.2) is 6.29 Å². The highest BCUT2D eigenvalue weighted by Crippen LogP contribution is 2.33. The minimum absolute atomic E-state index is 0.567. The molecule has 1 heterocycles. The van der Waals surface area contributed by atoms with Crippen LogP contribution in [-0.4, -0.2) is 16.1 Å². The Morgan fingerprint density at radius 1 is 1.43 bits per heavy atom. The van der Waals surface area contributed by atoms with E-state index in [0.717, 1.165) is 11.8 Å². The van der Waals surface area contributed by atoms with Crippen molar-refractivity contribution >= 4 is 6.29 Å². The summed E-state index contributed by atoms with van der Waals surface area (Å²) in [6.07, 6.45) is 9.23. The summed E-state index contributed by atoms with van der Waals surface area (Å²) in [5.74, 6) is 0.567. The van der Waals surface area contributed by atoms with E-state index in [4.69, 9.17) is 0 Å². The molecular formula is C11H16N2O. The molecule has 0 radical (unpaired) electrons. The van der Waals surface area contributed by atoms with Gasteiger partial charge in [0.05, 0.1) is 0 Å². The predicted molar refractivity (Wildman–Crippen MR) is 54.4 cm³/mol. The summed E-state index contributed by atoms with van der Waals surface area (Å²) in [7, 11) is 1.87. The summed E-state index contributed by atoms with van der Waals surface area (Å²) in [5.41, 5.74) is 1.79. The van der Waals surface area contributed by atoms with E-state index in [1.54, 1.807) is 4.68 Å². The van der Waals surface area contributed by atoms with Gasteiger partial charge < -0.3 is 0 Å². The summed E-state index contributed by atoms with van der Waals surface area (Å²) in [5, 5.41) is 4.15. The lowest BCUT2D eigenvalue weighted by atomic mass is 9.84. The zero-order valence-electron chi connectivity index (χ0n) is 8.57. The average Bonchev–Trinajstić information content (AvgIpc) is 2.61. The Morgan fingerprint density at radius 2 is 2.14 bits per heavy atom. The lowest BCUT2D eigenvalue weighted by molar-refractivity contribution is 0.111. The van der Waals surface area contributed by atoms with Crippen LogP contribution in [0, 0.1) is 0 Å². The van der Waals surface area contributed by atoms with E-state index in [-0.39, 0.29) is 0 Å². The molecule has 2 rings (SSSR count). The van der Waals surface area contributed by atoms with E-state index in [1.807, 2.05) is 13.2 Å². The molecule has 1 aliphatic carbocycles. The minimum Gasteiger partial charge on any atom is -0.296 e. The highest BCUT2D eigenvalue weighted by molar-refractivity contribution is 5.74. The van der Waals surface area contributed by atoms with Crippen LogP contribution in [0.3, 0.4) is 0 Å². The number of hydrogen-bond donors (Lipinski definition) is 0. The van der Waals surface area contributed by atoms with Gasteiger partial charge in [0.2, 0.25) is 0 Å². The normalized spacial score (nSPS) is 18.4. The summed E-state index contributed by atoms with van der Waals surface area (Å²) in [6, 6.07) is 0. The van der Waals surface area contributed by atoms with Gasteiger partial charge in [-0.15, -0.1) is 0 Å². The second-order valence-electron chi connectivity index (χ2n) is 4.10. The van der Waals surface area contributed by atoms with Crippen LogP contribution in [0.1, 0.15) is 54.1 Å². The molecule has 3 heteroatoms. The third-order valence-electron chi connectivity index (χ3n) is 3.04. The highest BCUT2D eigenvalue weighted by Gasteiger charge is 2.20. The van der Waals surface area contributed by atoms with Gasteiger partial charge in [0.25, 0.3) is 0 Å². The van der Waals surface area contributed by atoms with Crippen molar-refractivity contribution in [3.05, 3.63) is 17.5 Å². The van der Waals surface area contributed by atoms with E-state index in [9.17, 15) is 4.79 Å². The lowest BCUT2D eigenvalue weighted by Crippen LogP contribution is -2.05. The Bertz CT molecular complexity index is 324. The number of aldehydes is 1. The molecule has 0 amide bonds. The van der Waals surface area contributed by atoms with Crippen LogP contribution in [0.4, 0.5) is 0 Å². The fourth-order valence-electron chi connectivity index (χ4n) is 2.34. The van der Waals surface area contributed by atoms with Gasteiger partial charge in [-0.3, -0.25) is 9.48 Å².